The van der Waals surface area contributed by atoms with Gasteiger partial charge in [0.05, 0.1) is 0 Å². The van der Waals surface area contributed by atoms with E-state index in [-0.39, 0.29) is 0 Å². The third-order valence-corrected chi connectivity index (χ3v) is 11.7. The van der Waals surface area contributed by atoms with Gasteiger partial charge in [0.1, 0.15) is 0 Å². The van der Waals surface area contributed by atoms with Gasteiger partial charge in [-0.15, -0.1) is 23.5 Å². The second kappa shape index (κ2) is 9.08. The standard InChI is InChI=1S/C26H24S2Si/c1-27-21-13-17-25(18-14-21)29(23-9-5-3-6-10-23,24-11-7-4-8-12-24)26-19-15-22(28-2)16-20-26/h3-20H,1-2H3. The van der Waals surface area contributed by atoms with Crippen LogP contribution in [0.4, 0.5) is 0 Å². The monoisotopic (exact) mass is 428 g/mol. The summed E-state index contributed by atoms with van der Waals surface area (Å²) in [5, 5.41) is 5.68. The van der Waals surface area contributed by atoms with Crippen LogP contribution in [0, 0.1) is 0 Å². The van der Waals surface area contributed by atoms with Crippen LogP contribution in [-0.2, 0) is 0 Å². The molecule has 4 rings (SSSR count). The van der Waals surface area contributed by atoms with Gasteiger partial charge in [0.2, 0.25) is 0 Å². The van der Waals surface area contributed by atoms with Gasteiger partial charge in [-0.1, -0.05) is 84.9 Å². The first kappa shape index (κ1) is 20.1. The molecule has 0 unspecified atom stereocenters. The average Bonchev–Trinajstić information content (AvgIpc) is 2.82. The van der Waals surface area contributed by atoms with E-state index in [0.717, 1.165) is 0 Å². The fourth-order valence-electron chi connectivity index (χ4n) is 4.06. The van der Waals surface area contributed by atoms with E-state index in [1.807, 2.05) is 0 Å². The van der Waals surface area contributed by atoms with Crippen molar-refractivity contribution in [2.24, 2.45) is 0 Å². The average molecular weight is 429 g/mol. The van der Waals surface area contributed by atoms with Gasteiger partial charge in [0, 0.05) is 9.79 Å². The maximum absolute atomic E-state index is 2.39. The highest BCUT2D eigenvalue weighted by Crippen LogP contribution is 2.17. The summed E-state index contributed by atoms with van der Waals surface area (Å²) in [6.45, 7) is 0. The smallest absolute Gasteiger partial charge is 0.130 e. The van der Waals surface area contributed by atoms with Crippen LogP contribution in [-0.4, -0.2) is 20.6 Å². The molecule has 0 fully saturated rings. The van der Waals surface area contributed by atoms with Crippen LogP contribution in [0.2, 0.25) is 0 Å². The third-order valence-electron chi connectivity index (χ3n) is 5.46. The fourth-order valence-corrected chi connectivity index (χ4v) is 9.59. The predicted molar refractivity (Wildman–Crippen MR) is 134 cm³/mol. The topological polar surface area (TPSA) is 0 Å². The first-order valence-electron chi connectivity index (χ1n) is 9.69. The SMILES string of the molecule is CSc1ccc([Si](c2ccccc2)(c2ccccc2)c2ccc(SC)cc2)cc1. The molecule has 0 saturated heterocycles. The Bertz CT molecular complexity index is 954. The molecule has 0 atom stereocenters. The lowest BCUT2D eigenvalue weighted by Crippen LogP contribution is -2.74. The van der Waals surface area contributed by atoms with Gasteiger partial charge >= 0.3 is 0 Å². The summed E-state index contributed by atoms with van der Waals surface area (Å²) in [6, 6.07) is 40.6. The Kier molecular flexibility index (Phi) is 6.29. The summed E-state index contributed by atoms with van der Waals surface area (Å²) in [5.74, 6) is 0. The molecule has 4 aromatic carbocycles. The Morgan fingerprint density at radius 2 is 0.724 bits per heavy atom. The normalized spacial score (nSPS) is 11.4. The summed E-state index contributed by atoms with van der Waals surface area (Å²) >= 11 is 3.59. The van der Waals surface area contributed by atoms with Gasteiger partial charge in [-0.25, -0.2) is 0 Å². The molecule has 0 spiro atoms. The molecular weight excluding hydrogens is 405 g/mol. The number of hydrogen-bond acceptors (Lipinski definition) is 2. The molecule has 0 amide bonds. The van der Waals surface area contributed by atoms with Crippen molar-refractivity contribution in [2.45, 2.75) is 9.79 Å². The Balaban J connectivity index is 2.06. The summed E-state index contributed by atoms with van der Waals surface area (Å²) in [4.78, 5) is 2.60. The minimum absolute atomic E-state index is 1.30. The third kappa shape index (κ3) is 3.83. The van der Waals surface area contributed by atoms with E-state index in [0.29, 0.717) is 0 Å². The zero-order valence-corrected chi connectivity index (χ0v) is 19.3. The second-order valence-electron chi connectivity index (χ2n) is 6.94. The molecule has 0 nitrogen and oxygen atoms in total. The highest BCUT2D eigenvalue weighted by atomic mass is 32.2. The van der Waals surface area contributed by atoms with E-state index in [9.17, 15) is 0 Å². The number of hydrogen-bond donors (Lipinski definition) is 0. The zero-order valence-electron chi connectivity index (χ0n) is 16.7. The number of benzene rings is 4. The van der Waals surface area contributed by atoms with Crippen molar-refractivity contribution < 1.29 is 0 Å². The quantitative estimate of drug-likeness (QED) is 0.252. The lowest BCUT2D eigenvalue weighted by Gasteiger charge is -2.34. The molecule has 0 saturated carbocycles. The molecule has 0 aliphatic rings. The van der Waals surface area contributed by atoms with Gasteiger partial charge < -0.3 is 0 Å². The summed E-state index contributed by atoms with van der Waals surface area (Å²) < 4.78 is 0. The molecule has 0 aliphatic heterocycles. The molecule has 144 valence electrons. The molecule has 0 heterocycles. The molecule has 0 aliphatic carbocycles. The summed E-state index contributed by atoms with van der Waals surface area (Å²) in [7, 11) is -2.39. The van der Waals surface area contributed by atoms with Crippen LogP contribution in [0.1, 0.15) is 0 Å². The molecule has 0 N–H and O–H groups in total. The van der Waals surface area contributed by atoms with Crippen molar-refractivity contribution in [2.75, 3.05) is 12.5 Å². The predicted octanol–water partition coefficient (Wildman–Crippen LogP) is 4.51. The Labute approximate surface area is 183 Å². The lowest BCUT2D eigenvalue weighted by atomic mass is 10.3. The first-order valence-corrected chi connectivity index (χ1v) is 14.1. The molecule has 0 bridgehead atoms. The first-order chi connectivity index (χ1) is 14.3. The van der Waals surface area contributed by atoms with Gasteiger partial charge in [-0.05, 0) is 57.5 Å². The zero-order chi connectivity index (χ0) is 20.1. The van der Waals surface area contributed by atoms with Crippen molar-refractivity contribution >= 4 is 52.3 Å². The van der Waals surface area contributed by atoms with Crippen molar-refractivity contribution in [3.63, 3.8) is 0 Å². The van der Waals surface area contributed by atoms with E-state index < -0.39 is 8.07 Å². The highest BCUT2D eigenvalue weighted by Gasteiger charge is 2.41. The van der Waals surface area contributed by atoms with Crippen LogP contribution in [0.3, 0.4) is 0 Å². The number of thioether (sulfide) groups is 2. The van der Waals surface area contributed by atoms with Crippen molar-refractivity contribution in [3.8, 4) is 0 Å². The second-order valence-corrected chi connectivity index (χ2v) is 12.5. The summed E-state index contributed by atoms with van der Waals surface area (Å²) in [6.07, 6.45) is 4.27. The van der Waals surface area contributed by atoms with E-state index in [2.05, 4.69) is 122 Å². The maximum Gasteiger partial charge on any atom is 0.179 e. The van der Waals surface area contributed by atoms with Crippen LogP contribution < -0.4 is 20.7 Å². The molecule has 3 heteroatoms. The minimum Gasteiger partial charge on any atom is -0.130 e. The van der Waals surface area contributed by atoms with Gasteiger partial charge in [0.25, 0.3) is 0 Å². The van der Waals surface area contributed by atoms with E-state index in [1.165, 1.54) is 30.5 Å². The summed E-state index contributed by atoms with van der Waals surface area (Å²) in [5.41, 5.74) is 0. The molecule has 29 heavy (non-hydrogen) atoms. The maximum atomic E-state index is 2.35. The van der Waals surface area contributed by atoms with Crippen molar-refractivity contribution in [3.05, 3.63) is 109 Å². The minimum atomic E-state index is -2.39. The van der Waals surface area contributed by atoms with Crippen molar-refractivity contribution in [1.29, 1.82) is 0 Å². The Morgan fingerprint density at radius 1 is 0.414 bits per heavy atom. The van der Waals surface area contributed by atoms with Crippen LogP contribution in [0.15, 0.2) is 119 Å². The lowest BCUT2D eigenvalue weighted by molar-refractivity contribution is 1.47. The van der Waals surface area contributed by atoms with Gasteiger partial charge in [-0.3, -0.25) is 0 Å². The molecule has 0 radical (unpaired) electrons. The van der Waals surface area contributed by atoms with Crippen LogP contribution >= 0.6 is 23.5 Å². The van der Waals surface area contributed by atoms with E-state index in [1.54, 1.807) is 23.5 Å². The molecule has 0 aromatic heterocycles. The Hall–Kier alpha value is -2.20. The Morgan fingerprint density at radius 3 is 1.03 bits per heavy atom. The van der Waals surface area contributed by atoms with Crippen molar-refractivity contribution in [1.82, 2.24) is 0 Å². The fraction of sp³-hybridized carbons (Fsp3) is 0.0769. The van der Waals surface area contributed by atoms with Crippen LogP contribution in [0.5, 0.6) is 0 Å². The highest BCUT2D eigenvalue weighted by molar-refractivity contribution is 7.98. The van der Waals surface area contributed by atoms with E-state index >= 15 is 0 Å². The van der Waals surface area contributed by atoms with E-state index in [4.69, 9.17) is 0 Å². The molecule has 4 aromatic rings. The number of rotatable bonds is 6. The molecular formula is C26H24S2Si. The van der Waals surface area contributed by atoms with Crippen LogP contribution in [0.25, 0.3) is 0 Å². The van der Waals surface area contributed by atoms with Gasteiger partial charge in [-0.2, -0.15) is 0 Å². The van der Waals surface area contributed by atoms with Gasteiger partial charge in [0.15, 0.2) is 8.07 Å². The largest absolute Gasteiger partial charge is 0.179 e.